The van der Waals surface area contributed by atoms with Crippen molar-refractivity contribution in [1.82, 2.24) is 15.2 Å². The molecule has 1 aliphatic rings. The summed E-state index contributed by atoms with van der Waals surface area (Å²) in [7, 11) is 1.57. The zero-order valence-electron chi connectivity index (χ0n) is 16.1. The van der Waals surface area contributed by atoms with Crippen LogP contribution in [0.3, 0.4) is 0 Å². The predicted molar refractivity (Wildman–Crippen MR) is 104 cm³/mol. The minimum atomic E-state index is -0.0917. The second-order valence-electron chi connectivity index (χ2n) is 7.04. The summed E-state index contributed by atoms with van der Waals surface area (Å²) in [4.78, 5) is 18.8. The first-order valence-electron chi connectivity index (χ1n) is 9.27. The molecule has 6 heteroatoms. The number of ether oxygens (including phenoxy) is 2. The number of methoxy groups -OCH3 is 1. The molecule has 1 aromatic heterocycles. The van der Waals surface area contributed by atoms with E-state index in [9.17, 15) is 4.79 Å². The van der Waals surface area contributed by atoms with Gasteiger partial charge in [0.25, 0.3) is 5.91 Å². The van der Waals surface area contributed by atoms with Gasteiger partial charge in [0.1, 0.15) is 0 Å². The van der Waals surface area contributed by atoms with E-state index in [2.05, 4.69) is 29.0 Å². The van der Waals surface area contributed by atoms with Gasteiger partial charge in [0.15, 0.2) is 0 Å². The van der Waals surface area contributed by atoms with E-state index in [-0.39, 0.29) is 18.1 Å². The normalized spacial score (nSPS) is 20.3. The van der Waals surface area contributed by atoms with E-state index in [4.69, 9.17) is 9.47 Å². The van der Waals surface area contributed by atoms with Crippen LogP contribution in [0, 0.1) is 0 Å². The zero-order chi connectivity index (χ0) is 19.2. The number of morpholine rings is 1. The van der Waals surface area contributed by atoms with E-state index >= 15 is 0 Å². The lowest BCUT2D eigenvalue weighted by Crippen LogP contribution is -2.44. The standard InChI is InChI=1S/C21H27N3O3/c1-15-12-24(13-16(2)27-15)14-17-4-6-19(7-5-17)21(25)23-11-18-8-9-22-20(10-18)26-3/h4-10,15-16H,11-14H2,1-3H3,(H,23,25). The summed E-state index contributed by atoms with van der Waals surface area (Å²) in [6.07, 6.45) is 2.18. The quantitative estimate of drug-likeness (QED) is 0.848. The Hall–Kier alpha value is -2.44. The molecule has 144 valence electrons. The highest BCUT2D eigenvalue weighted by molar-refractivity contribution is 5.94. The Morgan fingerprint density at radius 1 is 1.19 bits per heavy atom. The molecule has 0 saturated carbocycles. The Morgan fingerprint density at radius 2 is 1.89 bits per heavy atom. The monoisotopic (exact) mass is 369 g/mol. The van der Waals surface area contributed by atoms with Gasteiger partial charge in [0.05, 0.1) is 19.3 Å². The zero-order valence-corrected chi connectivity index (χ0v) is 16.1. The first kappa shape index (κ1) is 19.3. The number of rotatable bonds is 6. The number of carbonyl (C=O) groups excluding carboxylic acids is 1. The van der Waals surface area contributed by atoms with Crippen molar-refractivity contribution < 1.29 is 14.3 Å². The SMILES string of the molecule is COc1cc(CNC(=O)c2ccc(CN3CC(C)OC(C)C3)cc2)ccn1. The van der Waals surface area contributed by atoms with Gasteiger partial charge in [-0.25, -0.2) is 4.98 Å². The second kappa shape index (κ2) is 8.97. The Morgan fingerprint density at radius 3 is 2.56 bits per heavy atom. The van der Waals surface area contributed by atoms with Crippen LogP contribution in [-0.4, -0.2) is 48.2 Å². The number of carbonyl (C=O) groups is 1. The highest BCUT2D eigenvalue weighted by atomic mass is 16.5. The van der Waals surface area contributed by atoms with Crippen LogP contribution in [0.4, 0.5) is 0 Å². The minimum absolute atomic E-state index is 0.0917. The molecule has 1 aliphatic heterocycles. The average Bonchev–Trinajstić information content (AvgIpc) is 2.66. The molecule has 0 spiro atoms. The molecule has 2 aromatic rings. The molecular weight excluding hydrogens is 342 g/mol. The maximum Gasteiger partial charge on any atom is 0.251 e. The molecule has 0 bridgehead atoms. The maximum atomic E-state index is 12.4. The van der Waals surface area contributed by atoms with Gasteiger partial charge in [-0.1, -0.05) is 12.1 Å². The Bertz CT molecular complexity index is 754. The van der Waals surface area contributed by atoms with Crippen molar-refractivity contribution in [2.24, 2.45) is 0 Å². The summed E-state index contributed by atoms with van der Waals surface area (Å²) in [5, 5.41) is 2.93. The number of nitrogens with zero attached hydrogens (tertiary/aromatic N) is 2. The first-order valence-corrected chi connectivity index (χ1v) is 9.27. The van der Waals surface area contributed by atoms with E-state index in [1.165, 1.54) is 5.56 Å². The summed E-state index contributed by atoms with van der Waals surface area (Å²) >= 11 is 0. The molecule has 2 atom stereocenters. The molecule has 1 saturated heterocycles. The van der Waals surface area contributed by atoms with E-state index < -0.39 is 0 Å². The van der Waals surface area contributed by atoms with Gasteiger partial charge in [0.2, 0.25) is 5.88 Å². The van der Waals surface area contributed by atoms with Crippen molar-refractivity contribution in [2.45, 2.75) is 39.1 Å². The van der Waals surface area contributed by atoms with Gasteiger partial charge in [-0.3, -0.25) is 9.69 Å². The maximum absolute atomic E-state index is 12.4. The van der Waals surface area contributed by atoms with Crippen LogP contribution in [-0.2, 0) is 17.8 Å². The Kier molecular flexibility index (Phi) is 6.42. The van der Waals surface area contributed by atoms with Crippen molar-refractivity contribution >= 4 is 5.91 Å². The lowest BCUT2D eigenvalue weighted by molar-refractivity contribution is -0.0704. The molecule has 2 heterocycles. The molecule has 3 rings (SSSR count). The number of hydrogen-bond donors (Lipinski definition) is 1. The van der Waals surface area contributed by atoms with Gasteiger partial charge in [-0.2, -0.15) is 0 Å². The van der Waals surface area contributed by atoms with Crippen LogP contribution in [0.1, 0.15) is 35.3 Å². The molecule has 0 aliphatic carbocycles. The van der Waals surface area contributed by atoms with Crippen molar-refractivity contribution in [1.29, 1.82) is 0 Å². The third kappa shape index (κ3) is 5.52. The predicted octanol–water partition coefficient (Wildman–Crippen LogP) is 2.63. The molecular formula is C21H27N3O3. The van der Waals surface area contributed by atoms with Crippen molar-refractivity contribution in [3.63, 3.8) is 0 Å². The largest absolute Gasteiger partial charge is 0.481 e. The topological polar surface area (TPSA) is 63.7 Å². The number of hydrogen-bond acceptors (Lipinski definition) is 5. The highest BCUT2D eigenvalue weighted by Gasteiger charge is 2.22. The fourth-order valence-electron chi connectivity index (χ4n) is 3.39. The van der Waals surface area contributed by atoms with E-state index in [1.807, 2.05) is 36.4 Å². The molecule has 1 aromatic carbocycles. The number of pyridine rings is 1. The summed E-state index contributed by atoms with van der Waals surface area (Å²) < 4.78 is 10.9. The van der Waals surface area contributed by atoms with Crippen LogP contribution in [0.25, 0.3) is 0 Å². The molecule has 1 amide bonds. The smallest absolute Gasteiger partial charge is 0.251 e. The third-order valence-electron chi connectivity index (χ3n) is 4.58. The average molecular weight is 369 g/mol. The molecule has 0 radical (unpaired) electrons. The van der Waals surface area contributed by atoms with Gasteiger partial charge >= 0.3 is 0 Å². The van der Waals surface area contributed by atoms with Crippen LogP contribution >= 0.6 is 0 Å². The summed E-state index contributed by atoms with van der Waals surface area (Å²) in [6.45, 7) is 7.38. The van der Waals surface area contributed by atoms with E-state index in [1.54, 1.807) is 13.3 Å². The Balaban J connectivity index is 1.54. The molecule has 2 unspecified atom stereocenters. The van der Waals surface area contributed by atoms with Crippen molar-refractivity contribution in [3.8, 4) is 5.88 Å². The van der Waals surface area contributed by atoms with Crippen molar-refractivity contribution in [2.75, 3.05) is 20.2 Å². The minimum Gasteiger partial charge on any atom is -0.481 e. The first-order chi connectivity index (χ1) is 13.0. The fourth-order valence-corrected chi connectivity index (χ4v) is 3.39. The molecule has 27 heavy (non-hydrogen) atoms. The van der Waals surface area contributed by atoms with Crippen LogP contribution < -0.4 is 10.1 Å². The third-order valence-corrected chi connectivity index (χ3v) is 4.58. The number of amides is 1. The van der Waals surface area contributed by atoms with Crippen LogP contribution in [0.15, 0.2) is 42.6 Å². The van der Waals surface area contributed by atoms with Gasteiger partial charge in [0, 0.05) is 44.0 Å². The van der Waals surface area contributed by atoms with Crippen LogP contribution in [0.2, 0.25) is 0 Å². The summed E-state index contributed by atoms with van der Waals surface area (Å²) in [6, 6.07) is 11.5. The van der Waals surface area contributed by atoms with Gasteiger partial charge < -0.3 is 14.8 Å². The second-order valence-corrected chi connectivity index (χ2v) is 7.04. The van der Waals surface area contributed by atoms with Gasteiger partial charge in [-0.15, -0.1) is 0 Å². The highest BCUT2D eigenvalue weighted by Crippen LogP contribution is 2.15. The van der Waals surface area contributed by atoms with Crippen LogP contribution in [0.5, 0.6) is 5.88 Å². The summed E-state index contributed by atoms with van der Waals surface area (Å²) in [5.41, 5.74) is 2.80. The van der Waals surface area contributed by atoms with Gasteiger partial charge in [-0.05, 0) is 43.2 Å². The molecule has 1 N–H and O–H groups in total. The Labute approximate surface area is 160 Å². The molecule has 1 fully saturated rings. The number of aromatic nitrogens is 1. The molecule has 6 nitrogen and oxygen atoms in total. The van der Waals surface area contributed by atoms with E-state index in [0.717, 1.165) is 25.2 Å². The number of benzene rings is 1. The van der Waals surface area contributed by atoms with E-state index in [0.29, 0.717) is 18.0 Å². The summed E-state index contributed by atoms with van der Waals surface area (Å²) in [5.74, 6) is 0.448. The lowest BCUT2D eigenvalue weighted by atomic mass is 10.1. The fraction of sp³-hybridized carbons (Fsp3) is 0.429. The van der Waals surface area contributed by atoms with Crippen molar-refractivity contribution in [3.05, 3.63) is 59.3 Å². The lowest BCUT2D eigenvalue weighted by Gasteiger charge is -2.35. The number of nitrogens with one attached hydrogen (secondary N) is 1.